The summed E-state index contributed by atoms with van der Waals surface area (Å²) in [6.07, 6.45) is -34.2. The van der Waals surface area contributed by atoms with Crippen LogP contribution in [0.3, 0.4) is 0 Å². The monoisotopic (exact) mass is 402 g/mol. The Morgan fingerprint density at radius 3 is 0.957 bits per heavy atom. The molecule has 0 aliphatic carbocycles. The van der Waals surface area contributed by atoms with Crippen molar-refractivity contribution < 1.29 is 75.2 Å². The summed E-state index contributed by atoms with van der Waals surface area (Å²) in [5.74, 6) is 0. The molecule has 0 rings (SSSR count). The van der Waals surface area contributed by atoms with Gasteiger partial charge in [-0.2, -0.15) is 48.4 Å². The molecule has 0 radical (unpaired) electrons. The Hall–Kier alpha value is -0.800. The van der Waals surface area contributed by atoms with Gasteiger partial charge in [-0.05, 0) is 0 Å². The molecule has 0 amide bonds. The third kappa shape index (κ3) is 6.31. The first-order valence-electron chi connectivity index (χ1n) is 4.30. The fourth-order valence-corrected chi connectivity index (χ4v) is 1.70. The van der Waals surface area contributed by atoms with Crippen LogP contribution in [0.15, 0.2) is 0 Å². The van der Waals surface area contributed by atoms with Gasteiger partial charge < -0.3 is 0 Å². The van der Waals surface area contributed by atoms with Gasteiger partial charge in [0.2, 0.25) is 0 Å². The molecule has 0 saturated heterocycles. The van der Waals surface area contributed by atoms with E-state index in [4.69, 9.17) is 0 Å². The molecular weight excluding hydrogens is 402 g/mol. The minimum absolute atomic E-state index is 1.84. The van der Waals surface area contributed by atoms with Crippen LogP contribution in [-0.4, -0.2) is 30.9 Å². The van der Waals surface area contributed by atoms with Crippen LogP contribution in [0, 0.1) is 0 Å². The molecule has 0 N–H and O–H groups in total. The Balaban J connectivity index is 5.76. The summed E-state index contributed by atoms with van der Waals surface area (Å²) in [4.78, 5) is 0. The minimum Gasteiger partial charge on any atom is -0.227 e. The van der Waals surface area contributed by atoms with E-state index < -0.39 is 38.8 Å². The molecule has 0 bridgehead atoms. The molecule has 4 nitrogen and oxygen atoms in total. The molecule has 0 atom stereocenters. The maximum atomic E-state index is 12.3. The van der Waals surface area contributed by atoms with Crippen LogP contribution in [0.4, 0.5) is 57.1 Å². The third-order valence-electron chi connectivity index (χ3n) is 1.33. The number of hydrogen-bond acceptors (Lipinski definition) is 4. The van der Waals surface area contributed by atoms with Gasteiger partial charge in [0.15, 0.2) is 0 Å². The quantitative estimate of drug-likeness (QED) is 0.481. The molecule has 0 saturated carbocycles. The second kappa shape index (κ2) is 5.93. The van der Waals surface area contributed by atoms with Gasteiger partial charge >= 0.3 is 38.8 Å². The molecule has 0 aromatic carbocycles. The van der Waals surface area contributed by atoms with E-state index in [1.54, 1.807) is 0 Å². The van der Waals surface area contributed by atoms with Crippen molar-refractivity contribution in [3.05, 3.63) is 0 Å². The largest absolute Gasteiger partial charge is 0.531 e. The van der Waals surface area contributed by atoms with E-state index in [-0.39, 0.29) is 0 Å². The van der Waals surface area contributed by atoms with Gasteiger partial charge in [0.25, 0.3) is 0 Å². The smallest absolute Gasteiger partial charge is 0.227 e. The van der Waals surface area contributed by atoms with Crippen LogP contribution in [0.2, 0.25) is 0 Å². The first-order chi connectivity index (χ1) is 9.62. The number of phosphoric ester groups is 1. The van der Waals surface area contributed by atoms with Crippen LogP contribution < -0.4 is 0 Å². The van der Waals surface area contributed by atoms with E-state index in [1.165, 1.54) is 0 Å². The van der Waals surface area contributed by atoms with Crippen molar-refractivity contribution in [1.82, 2.24) is 0 Å². The Kier molecular flexibility index (Phi) is 5.72. The lowest BCUT2D eigenvalue weighted by atomic mass is 10.6. The number of alkyl halides is 13. The van der Waals surface area contributed by atoms with E-state index in [1.807, 2.05) is 13.6 Å². The summed E-state index contributed by atoms with van der Waals surface area (Å²) in [6, 6.07) is 0. The summed E-state index contributed by atoms with van der Waals surface area (Å²) in [5, 5.41) is 0. The molecule has 0 unspecified atom stereocenters. The summed E-state index contributed by atoms with van der Waals surface area (Å²) in [7, 11) is -7.84. The zero-order valence-corrected chi connectivity index (χ0v) is 10.4. The van der Waals surface area contributed by atoms with E-state index in [0.29, 0.717) is 0 Å². The van der Waals surface area contributed by atoms with E-state index in [9.17, 15) is 61.6 Å². The average molecular weight is 402 g/mol. The number of halogens is 13. The highest BCUT2D eigenvalue weighted by Gasteiger charge is 2.69. The lowest BCUT2D eigenvalue weighted by Crippen LogP contribution is -2.42. The highest BCUT2D eigenvalue weighted by Crippen LogP contribution is 2.63. The van der Waals surface area contributed by atoms with Crippen LogP contribution in [0.25, 0.3) is 0 Å². The summed E-state index contributed by atoms with van der Waals surface area (Å²) < 4.78 is 171. The average Bonchev–Trinajstić information content (AvgIpc) is 2.05. The third-order valence-corrected chi connectivity index (χ3v) is 2.66. The predicted octanol–water partition coefficient (Wildman–Crippen LogP) is 4.97. The van der Waals surface area contributed by atoms with Crippen molar-refractivity contribution >= 4 is 7.82 Å². The molecule has 0 aromatic heterocycles. The maximum Gasteiger partial charge on any atom is 0.531 e. The Labute approximate surface area is 115 Å². The molecule has 0 spiro atoms. The maximum absolute atomic E-state index is 12.3. The molecule has 23 heavy (non-hydrogen) atoms. The zero-order valence-electron chi connectivity index (χ0n) is 9.49. The van der Waals surface area contributed by atoms with Crippen LogP contribution in [0.5, 0.6) is 0 Å². The Bertz CT molecular complexity index is 428. The Morgan fingerprint density at radius 2 is 0.783 bits per heavy atom. The van der Waals surface area contributed by atoms with Gasteiger partial charge in [-0.3, -0.25) is 0 Å². The molecule has 18 heteroatoms. The van der Waals surface area contributed by atoms with Crippen LogP contribution in [0.1, 0.15) is 0 Å². The fourth-order valence-electron chi connectivity index (χ4n) is 0.567. The molecular formula is C5F13O4P. The second-order valence-electron chi connectivity index (χ2n) is 3.20. The van der Waals surface area contributed by atoms with Gasteiger partial charge in [0.1, 0.15) is 0 Å². The highest BCUT2D eigenvalue weighted by atomic mass is 31.2. The molecule has 0 fully saturated rings. The lowest BCUT2D eigenvalue weighted by molar-refractivity contribution is -0.394. The topological polar surface area (TPSA) is 44.8 Å². The standard InChI is InChI=1S/C5F13O4P/c6-1(7,8)3(12,13)20-23(19,22-5(16,17)18)21-4(14,15)2(9,10)11. The van der Waals surface area contributed by atoms with Gasteiger partial charge in [-0.25, -0.2) is 13.6 Å². The van der Waals surface area contributed by atoms with Crippen molar-refractivity contribution in [3.63, 3.8) is 0 Å². The van der Waals surface area contributed by atoms with E-state index in [2.05, 4.69) is 0 Å². The minimum atomic E-state index is -7.84. The van der Waals surface area contributed by atoms with Gasteiger partial charge in [0.05, 0.1) is 0 Å². The number of hydrogen-bond donors (Lipinski definition) is 0. The predicted molar refractivity (Wildman–Crippen MR) is 38.9 cm³/mol. The van der Waals surface area contributed by atoms with E-state index in [0.717, 1.165) is 0 Å². The van der Waals surface area contributed by atoms with Gasteiger partial charge in [-0.1, -0.05) is 0 Å². The Morgan fingerprint density at radius 1 is 0.522 bits per heavy atom. The SMILES string of the molecule is O=P(OC(F)(F)F)(OC(F)(F)C(F)(F)F)OC(F)(F)C(F)(F)F. The van der Waals surface area contributed by atoms with Crippen molar-refractivity contribution in [3.8, 4) is 0 Å². The van der Waals surface area contributed by atoms with Crippen LogP contribution >= 0.6 is 7.82 Å². The zero-order chi connectivity index (χ0) is 19.1. The normalized spacial score (nSPS) is 15.9. The molecule has 0 aliphatic heterocycles. The summed E-state index contributed by atoms with van der Waals surface area (Å²) in [5.41, 5.74) is 0. The van der Waals surface area contributed by atoms with Crippen molar-refractivity contribution in [2.45, 2.75) is 30.9 Å². The molecule has 140 valence electrons. The van der Waals surface area contributed by atoms with Crippen molar-refractivity contribution in [2.24, 2.45) is 0 Å². The van der Waals surface area contributed by atoms with Crippen LogP contribution in [-0.2, 0) is 18.1 Å². The van der Waals surface area contributed by atoms with Gasteiger partial charge in [0, 0.05) is 0 Å². The molecule has 0 aromatic rings. The number of phosphoric acid groups is 1. The fraction of sp³-hybridized carbons (Fsp3) is 1.00. The van der Waals surface area contributed by atoms with Gasteiger partial charge in [-0.15, -0.1) is 13.2 Å². The molecule has 0 heterocycles. The van der Waals surface area contributed by atoms with Crippen molar-refractivity contribution in [1.29, 1.82) is 0 Å². The summed E-state index contributed by atoms with van der Waals surface area (Å²) >= 11 is 0. The number of rotatable bonds is 5. The summed E-state index contributed by atoms with van der Waals surface area (Å²) in [6.45, 7) is 0. The lowest BCUT2D eigenvalue weighted by Gasteiger charge is -2.28. The van der Waals surface area contributed by atoms with Crippen molar-refractivity contribution in [2.75, 3.05) is 0 Å². The first-order valence-corrected chi connectivity index (χ1v) is 5.76. The highest BCUT2D eigenvalue weighted by molar-refractivity contribution is 7.48. The molecule has 0 aliphatic rings. The first kappa shape index (κ1) is 22.2. The second-order valence-corrected chi connectivity index (χ2v) is 4.64. The van der Waals surface area contributed by atoms with E-state index >= 15 is 0 Å².